The molecular weight excluding hydrogens is 2060 g/mol. The van der Waals surface area contributed by atoms with E-state index in [2.05, 4.69) is 81.1 Å². The van der Waals surface area contributed by atoms with E-state index in [0.29, 0.717) is 82.5 Å². The van der Waals surface area contributed by atoms with Crippen molar-refractivity contribution in [1.82, 2.24) is 58.5 Å². The molecule has 3 aromatic rings. The average Bonchev–Trinajstić information content (AvgIpc) is 1.64. The average molecular weight is 2180 g/mol. The number of benzene rings is 3. The van der Waals surface area contributed by atoms with E-state index in [4.69, 9.17) is 0 Å². The van der Waals surface area contributed by atoms with Crippen LogP contribution >= 0.6 is 0 Å². The number of halogens is 41. The minimum absolute atomic E-state index is 0.0110. The first kappa shape index (κ1) is 148. The highest BCUT2D eigenvalue weighted by Gasteiger charge is 2.44. The standard InChI is InChI=1S/C10H17F2N.C8H15F2N.C7H4F5N.2C7H13F2N.2C7H9N.C6H5F6N.C6H11F2N.C6H9F2N.C4HF6N.C4H3F4N.2C4H5F2N.C2H3F3.CH3F/c1-9(6-7-9)13-8-2-4-10(11,12)5-3-8;1-11-6-7-3-2-4-8(9,10)5-7;1-13-7-5(11)3(9)2(8)4(10)6(7)12;1-10-6-2-4-7(8,9)5-3-6;1-10-5-6-3-2-4-7(6,8)9;2*1-8-7-5-3-2-4-6-7;7-3(5(9)10)1-13-2-4(8)6(11)12;1-9-5-2-3-6(7,8)4-5;1-5(7)3-9-4-6(2)8;5-1(6)3(9)11-4(10)2(7)8;5-1-3(7)9-4(8)2-6;1-3(5)7-4(2)6;5-1-3-7-4-2-6;1-2(3,4)5;1-2/h8,13H,2-7H2,1H3;7,11H,2-6H2,1H3;13H,1H3;2*6,10H,2-5H2,1H3;2*2-6,8H,1H3;13H,1-2H2;5,9H,2-4H2,1H3;9H,1-4H2;11H;1-2,9H;7H,1-2H2;1-4,7H;1H3;1H3. The number of para-hydroxylation sites is 2. The Balaban J connectivity index is -0.000000282. The van der Waals surface area contributed by atoms with E-state index in [1.807, 2.05) is 94.2 Å². The van der Waals surface area contributed by atoms with Crippen molar-refractivity contribution in [3.8, 4) is 0 Å². The van der Waals surface area contributed by atoms with Gasteiger partial charge < -0.3 is 69.1 Å². The van der Waals surface area contributed by atoms with E-state index < -0.39 is 186 Å². The number of anilines is 3. The highest BCUT2D eigenvalue weighted by atomic mass is 19.4. The second-order valence-electron chi connectivity index (χ2n) is 30.4. The van der Waals surface area contributed by atoms with Crippen molar-refractivity contribution in [2.75, 3.05) is 112 Å². The summed E-state index contributed by atoms with van der Waals surface area (Å²) in [5, 5.41) is 32.5. The maximum Gasteiger partial charge on any atom is 0.386 e. The van der Waals surface area contributed by atoms with Gasteiger partial charge in [0.2, 0.25) is 41.4 Å². The number of alkyl halides is 14. The SMILES string of the molecule is C=C(F)CNCC(=C)F.C=C(F)NC(=C)F.CC(F)(F)F.CC1(NC2CCC(F)(F)CC2)CC1.CF.CNC1CCC(F)(F)C1.CNC1CCC(F)(F)CC1.CNCC1CCCC(F)(F)C1.CNCC1CCCC1(F)F.CNc1c(F)c(F)c(F)c(F)c1F.CNc1ccccc1.CNc1ccccc1.FC(F)=C(F)CNCC(F)=C(F)F.FC(F)=C(F)NC(F)=C(F)F.FC=C(F)NC(F)=CF.FC=CNC=CF. The molecule has 0 aliphatic heterocycles. The molecule has 0 aromatic heterocycles. The van der Waals surface area contributed by atoms with Gasteiger partial charge in [0.15, 0.2) is 46.8 Å². The van der Waals surface area contributed by atoms with Gasteiger partial charge in [-0.3, -0.25) is 9.71 Å². The summed E-state index contributed by atoms with van der Waals surface area (Å²) in [6.07, 6.45) is -4.37. The highest BCUT2D eigenvalue weighted by molar-refractivity contribution is 5.47. The number of hydrogen-bond donors (Lipinski definition) is 14. The van der Waals surface area contributed by atoms with Crippen molar-refractivity contribution in [1.29, 1.82) is 0 Å². The lowest BCUT2D eigenvalue weighted by atomic mass is 9.86. The van der Waals surface area contributed by atoms with Crippen LogP contribution in [-0.4, -0.2) is 155 Å². The summed E-state index contributed by atoms with van der Waals surface area (Å²) in [4.78, 5) is 0. The van der Waals surface area contributed by atoms with Crippen LogP contribution in [0.25, 0.3) is 0 Å². The lowest BCUT2D eigenvalue weighted by Gasteiger charge is -2.31. The van der Waals surface area contributed by atoms with Crippen LogP contribution in [0.15, 0.2) is 208 Å². The lowest BCUT2D eigenvalue weighted by Crippen LogP contribution is -2.42. The molecule has 14 N–H and O–H groups in total. The van der Waals surface area contributed by atoms with Gasteiger partial charge in [0.25, 0.3) is 17.8 Å². The highest BCUT2D eigenvalue weighted by Crippen LogP contribution is 2.42. The summed E-state index contributed by atoms with van der Waals surface area (Å²) in [6.45, 7) is 12.9. The van der Waals surface area contributed by atoms with Crippen molar-refractivity contribution in [2.24, 2.45) is 11.8 Å². The molecule has 0 heterocycles. The molecule has 145 heavy (non-hydrogen) atoms. The predicted octanol–water partition coefficient (Wildman–Crippen LogP) is 29.5. The molecule has 0 saturated heterocycles. The molecule has 0 radical (unpaired) electrons. The van der Waals surface area contributed by atoms with Crippen LogP contribution in [0.3, 0.4) is 0 Å². The van der Waals surface area contributed by atoms with Crippen LogP contribution in [0.5, 0.6) is 0 Å². The molecular formula is C90H125F41N14. The van der Waals surface area contributed by atoms with Crippen LogP contribution < -0.4 is 74.4 Å². The maximum atomic E-state index is 12.8. The van der Waals surface area contributed by atoms with Gasteiger partial charge in [-0.05, 0) is 156 Å². The fourth-order valence-electron chi connectivity index (χ4n) is 11.2. The topological polar surface area (TPSA) is 168 Å². The van der Waals surface area contributed by atoms with E-state index in [1.165, 1.54) is 12.8 Å². The summed E-state index contributed by atoms with van der Waals surface area (Å²) in [5.41, 5.74) is 1.58. The third-order valence-electron chi connectivity index (χ3n) is 18.3. The summed E-state index contributed by atoms with van der Waals surface area (Å²) < 4.78 is 479. The largest absolute Gasteiger partial charge is 0.388 e. The zero-order valence-corrected chi connectivity index (χ0v) is 80.3. The molecule has 6 fully saturated rings. The molecule has 6 aliphatic rings. The second kappa shape index (κ2) is 83.0. The van der Waals surface area contributed by atoms with E-state index in [-0.39, 0.29) is 108 Å². The van der Waals surface area contributed by atoms with Gasteiger partial charge in [0.05, 0.1) is 20.3 Å². The first-order valence-electron chi connectivity index (χ1n) is 42.7. The molecule has 3 aromatic carbocycles. The van der Waals surface area contributed by atoms with Crippen LogP contribution in [0.1, 0.15) is 142 Å². The Labute approximate surface area is 815 Å². The number of nitrogens with one attached hydrogen (secondary N) is 14. The first-order valence-corrected chi connectivity index (χ1v) is 42.7. The monoisotopic (exact) mass is 2180 g/mol. The third kappa shape index (κ3) is 86.8. The fraction of sp³-hybridized carbons (Fsp3) is 0.533. The first-order chi connectivity index (χ1) is 67.2. The van der Waals surface area contributed by atoms with Gasteiger partial charge in [-0.25, -0.2) is 101 Å². The van der Waals surface area contributed by atoms with Gasteiger partial charge in [-0.2, -0.15) is 74.6 Å². The number of rotatable bonds is 27. The Hall–Kier alpha value is -10.0. The minimum atomic E-state index is -4.00. The minimum Gasteiger partial charge on any atom is -0.388 e. The molecule has 3 unspecified atom stereocenters. The molecule has 0 spiro atoms. The normalized spacial score (nSPS) is 17.4. The van der Waals surface area contributed by atoms with Crippen molar-refractivity contribution in [3.63, 3.8) is 0 Å². The molecule has 842 valence electrons. The van der Waals surface area contributed by atoms with Crippen LogP contribution in [0, 0.1) is 40.9 Å². The van der Waals surface area contributed by atoms with Crippen molar-refractivity contribution in [3.05, 3.63) is 237 Å². The Morgan fingerprint density at radius 1 is 0.393 bits per heavy atom. The summed E-state index contributed by atoms with van der Waals surface area (Å²) in [6, 6.07) is 20.8. The molecule has 55 heteroatoms. The summed E-state index contributed by atoms with van der Waals surface area (Å²) in [5.74, 6) is -36.5. The third-order valence-corrected chi connectivity index (χ3v) is 18.3. The predicted molar refractivity (Wildman–Crippen MR) is 481 cm³/mol. The Morgan fingerprint density at radius 2 is 0.738 bits per heavy atom. The Morgan fingerprint density at radius 3 is 1.00 bits per heavy atom. The summed E-state index contributed by atoms with van der Waals surface area (Å²) in [7, 11) is 12.5. The van der Waals surface area contributed by atoms with Crippen LogP contribution in [0.2, 0.25) is 0 Å². The molecule has 0 amide bonds. The van der Waals surface area contributed by atoms with Crippen LogP contribution in [-0.2, 0) is 0 Å². The summed E-state index contributed by atoms with van der Waals surface area (Å²) >= 11 is 0. The van der Waals surface area contributed by atoms with E-state index in [9.17, 15) is 180 Å². The second-order valence-corrected chi connectivity index (χ2v) is 30.4. The zero-order valence-electron chi connectivity index (χ0n) is 80.3. The molecule has 3 atom stereocenters. The molecule has 14 nitrogen and oxygen atoms in total. The Bertz CT molecular complexity index is 4000. The van der Waals surface area contributed by atoms with E-state index >= 15 is 0 Å². The molecule has 6 aliphatic carbocycles. The van der Waals surface area contributed by atoms with Crippen molar-refractivity contribution >= 4 is 17.1 Å². The van der Waals surface area contributed by atoms with E-state index in [1.54, 1.807) is 24.7 Å². The lowest BCUT2D eigenvalue weighted by molar-refractivity contribution is -0.110. The van der Waals surface area contributed by atoms with Crippen molar-refractivity contribution in [2.45, 2.75) is 202 Å². The molecule has 9 rings (SSSR count). The molecule has 0 bridgehead atoms. The Kier molecular flexibility index (Phi) is 84.7. The van der Waals surface area contributed by atoms with Crippen LogP contribution in [0.4, 0.5) is 197 Å². The van der Waals surface area contributed by atoms with Gasteiger partial charge in [-0.15, -0.1) is 0 Å². The smallest absolute Gasteiger partial charge is 0.386 e. The molecule has 6 saturated carbocycles. The number of hydrogen-bond acceptors (Lipinski definition) is 14. The maximum absolute atomic E-state index is 12.8. The fourth-order valence-corrected chi connectivity index (χ4v) is 11.2. The van der Waals surface area contributed by atoms with Gasteiger partial charge >= 0.3 is 30.5 Å². The quantitative estimate of drug-likeness (QED) is 0.0151. The van der Waals surface area contributed by atoms with Gasteiger partial charge in [0, 0.05) is 159 Å². The zero-order chi connectivity index (χ0) is 114. The van der Waals surface area contributed by atoms with Crippen molar-refractivity contribution < 1.29 is 180 Å². The van der Waals surface area contributed by atoms with Gasteiger partial charge in [0.1, 0.15) is 42.7 Å². The van der Waals surface area contributed by atoms with Gasteiger partial charge in [-0.1, -0.05) is 49.6 Å². The van der Waals surface area contributed by atoms with E-state index in [0.717, 1.165) is 49.1 Å².